The first kappa shape index (κ1) is 13.5. The van der Waals surface area contributed by atoms with Crippen LogP contribution in [0.5, 0.6) is 0 Å². The van der Waals surface area contributed by atoms with Crippen molar-refractivity contribution in [2.75, 3.05) is 13.1 Å². The molecule has 1 aromatic heterocycles. The fourth-order valence-corrected chi connectivity index (χ4v) is 4.04. The first-order valence-corrected chi connectivity index (χ1v) is 7.41. The van der Waals surface area contributed by atoms with Crippen molar-refractivity contribution in [3.63, 3.8) is 0 Å². The van der Waals surface area contributed by atoms with Gasteiger partial charge in [-0.25, -0.2) is 13.1 Å². The third-order valence-electron chi connectivity index (χ3n) is 1.60. The monoisotopic (exact) mass is 324 g/mol. The summed E-state index contributed by atoms with van der Waals surface area (Å²) in [7, 11) is -3.42. The van der Waals surface area contributed by atoms with Crippen molar-refractivity contribution in [1.82, 2.24) is 4.72 Å². The Hall–Kier alpha value is -0.600. The highest BCUT2D eigenvalue weighted by Crippen LogP contribution is 2.25. The van der Waals surface area contributed by atoms with Gasteiger partial charge in [-0.3, -0.25) is 0 Å². The lowest BCUT2D eigenvalue weighted by Crippen LogP contribution is -2.24. The number of halogens is 1. The Labute approximate surface area is 105 Å². The van der Waals surface area contributed by atoms with Crippen molar-refractivity contribution >= 4 is 37.3 Å². The van der Waals surface area contributed by atoms with E-state index in [-0.39, 0.29) is 17.3 Å². The molecule has 0 amide bonds. The van der Waals surface area contributed by atoms with Crippen molar-refractivity contribution < 1.29 is 8.42 Å². The van der Waals surface area contributed by atoms with Crippen LogP contribution in [-0.2, 0) is 10.0 Å². The molecule has 0 atom stereocenters. The number of rotatable bonds is 6. The smallest absolute Gasteiger partial charge is 0.210 e. The van der Waals surface area contributed by atoms with Crippen LogP contribution in [0.15, 0.2) is 25.2 Å². The molecular weight excluding hydrogens is 316 g/mol. The van der Waals surface area contributed by atoms with E-state index < -0.39 is 10.0 Å². The van der Waals surface area contributed by atoms with Gasteiger partial charge in [0.2, 0.25) is 10.0 Å². The molecule has 0 aliphatic heterocycles. The number of hydrogen-bond acceptors (Lipinski definition) is 4. The summed E-state index contributed by atoms with van der Waals surface area (Å²) < 4.78 is 26.8. The van der Waals surface area contributed by atoms with E-state index in [1.165, 1.54) is 6.07 Å². The van der Waals surface area contributed by atoms with Gasteiger partial charge in [0.25, 0.3) is 0 Å². The number of sulfonamides is 1. The minimum Gasteiger partial charge on any atom is -0.210 e. The third kappa shape index (κ3) is 4.11. The number of nitrogens with zero attached hydrogens (tertiary/aromatic N) is 3. The van der Waals surface area contributed by atoms with Gasteiger partial charge in [0.05, 0.1) is 3.79 Å². The summed E-state index contributed by atoms with van der Waals surface area (Å²) in [5.74, 6) is 0. The highest BCUT2D eigenvalue weighted by molar-refractivity contribution is 9.11. The van der Waals surface area contributed by atoms with Crippen LogP contribution in [-0.4, -0.2) is 21.5 Å². The van der Waals surface area contributed by atoms with Gasteiger partial charge in [-0.1, -0.05) is 5.11 Å². The zero-order chi connectivity index (χ0) is 12.0. The van der Waals surface area contributed by atoms with Gasteiger partial charge in [-0.15, -0.1) is 11.3 Å². The Morgan fingerprint density at radius 1 is 1.56 bits per heavy atom. The first-order chi connectivity index (χ1) is 7.56. The molecule has 16 heavy (non-hydrogen) atoms. The van der Waals surface area contributed by atoms with E-state index in [1.807, 2.05) is 0 Å². The van der Waals surface area contributed by atoms with Gasteiger partial charge in [-0.05, 0) is 40.0 Å². The lowest BCUT2D eigenvalue weighted by atomic mass is 10.4. The molecule has 0 aromatic carbocycles. The molecule has 1 N–H and O–H groups in total. The zero-order valence-electron chi connectivity index (χ0n) is 8.13. The van der Waals surface area contributed by atoms with Crippen LogP contribution in [0.2, 0.25) is 0 Å². The number of nitrogens with one attached hydrogen (secondary N) is 1. The highest BCUT2D eigenvalue weighted by atomic mass is 79.9. The summed E-state index contributed by atoms with van der Waals surface area (Å²) >= 11 is 4.35. The Morgan fingerprint density at radius 3 is 2.88 bits per heavy atom. The maximum absolute atomic E-state index is 11.7. The molecule has 0 saturated carbocycles. The van der Waals surface area contributed by atoms with Crippen molar-refractivity contribution in [1.29, 1.82) is 0 Å². The number of azide groups is 1. The SMILES string of the molecule is [N-]=[N+]=NCCCNS(=O)(=O)c1ccc(Br)s1. The molecule has 6 nitrogen and oxygen atoms in total. The van der Waals surface area contributed by atoms with Gasteiger partial charge in [0.1, 0.15) is 4.21 Å². The van der Waals surface area contributed by atoms with Crippen LogP contribution >= 0.6 is 27.3 Å². The fourth-order valence-electron chi connectivity index (χ4n) is 0.914. The Bertz CT molecular complexity index is 492. The van der Waals surface area contributed by atoms with Crippen molar-refractivity contribution in [2.24, 2.45) is 5.11 Å². The third-order valence-corrected chi connectivity index (χ3v) is 5.18. The zero-order valence-corrected chi connectivity index (χ0v) is 11.3. The van der Waals surface area contributed by atoms with Crippen LogP contribution < -0.4 is 4.72 Å². The van der Waals surface area contributed by atoms with E-state index in [0.717, 1.165) is 15.1 Å². The molecule has 88 valence electrons. The molecule has 0 unspecified atom stereocenters. The van der Waals surface area contributed by atoms with Crippen LogP contribution in [0.4, 0.5) is 0 Å². The van der Waals surface area contributed by atoms with E-state index in [2.05, 4.69) is 30.7 Å². The molecule has 0 aliphatic rings. The van der Waals surface area contributed by atoms with Crippen LogP contribution in [0, 0.1) is 0 Å². The lowest BCUT2D eigenvalue weighted by molar-refractivity contribution is 0.581. The van der Waals surface area contributed by atoms with Gasteiger partial charge in [-0.2, -0.15) is 0 Å². The second kappa shape index (κ2) is 6.21. The molecular formula is C7H9BrN4O2S2. The molecule has 0 fully saturated rings. The Balaban J connectivity index is 2.50. The van der Waals surface area contributed by atoms with E-state index in [9.17, 15) is 8.42 Å². The van der Waals surface area contributed by atoms with Crippen LogP contribution in [0.3, 0.4) is 0 Å². The largest absolute Gasteiger partial charge is 0.250 e. The maximum Gasteiger partial charge on any atom is 0.250 e. The lowest BCUT2D eigenvalue weighted by Gasteiger charge is -2.02. The molecule has 0 radical (unpaired) electrons. The molecule has 0 saturated heterocycles. The Morgan fingerprint density at radius 2 is 2.31 bits per heavy atom. The average molecular weight is 325 g/mol. The molecule has 1 aromatic rings. The Kier molecular flexibility index (Phi) is 5.23. The summed E-state index contributed by atoms with van der Waals surface area (Å²) in [6.07, 6.45) is 0.482. The quantitative estimate of drug-likeness (QED) is 0.376. The average Bonchev–Trinajstić information content (AvgIpc) is 2.65. The van der Waals surface area contributed by atoms with E-state index in [0.29, 0.717) is 6.42 Å². The minimum absolute atomic E-state index is 0.261. The van der Waals surface area contributed by atoms with Crippen molar-refractivity contribution in [3.05, 3.63) is 26.4 Å². The van der Waals surface area contributed by atoms with Crippen LogP contribution in [0.1, 0.15) is 6.42 Å². The minimum atomic E-state index is -3.42. The van der Waals surface area contributed by atoms with Crippen LogP contribution in [0.25, 0.3) is 10.4 Å². The van der Waals surface area contributed by atoms with Crippen molar-refractivity contribution in [3.8, 4) is 0 Å². The standard InChI is InChI=1S/C7H9BrN4O2S2/c8-6-2-3-7(15-6)16(13,14)11-5-1-4-10-12-9/h2-3,11H,1,4-5H2. The summed E-state index contributed by atoms with van der Waals surface area (Å²) in [6, 6.07) is 3.21. The predicted octanol–water partition coefficient (Wildman–Crippen LogP) is 2.49. The topological polar surface area (TPSA) is 94.9 Å². The second-order valence-electron chi connectivity index (χ2n) is 2.76. The second-order valence-corrected chi connectivity index (χ2v) is 7.22. The molecule has 0 aliphatic carbocycles. The maximum atomic E-state index is 11.7. The summed E-state index contributed by atoms with van der Waals surface area (Å²) in [4.78, 5) is 2.57. The fraction of sp³-hybridized carbons (Fsp3) is 0.429. The first-order valence-electron chi connectivity index (χ1n) is 4.32. The summed E-state index contributed by atoms with van der Waals surface area (Å²) in [5, 5.41) is 3.31. The molecule has 0 bridgehead atoms. The highest BCUT2D eigenvalue weighted by Gasteiger charge is 2.15. The van der Waals surface area contributed by atoms with Crippen molar-refractivity contribution in [2.45, 2.75) is 10.6 Å². The number of hydrogen-bond donors (Lipinski definition) is 1. The van der Waals surface area contributed by atoms with Gasteiger partial charge in [0, 0.05) is 18.0 Å². The molecule has 0 spiro atoms. The van der Waals surface area contributed by atoms with E-state index in [4.69, 9.17) is 5.53 Å². The molecule has 1 heterocycles. The van der Waals surface area contributed by atoms with Gasteiger partial charge >= 0.3 is 0 Å². The molecule has 1 rings (SSSR count). The number of thiophene rings is 1. The normalized spacial score (nSPS) is 11.1. The van der Waals surface area contributed by atoms with E-state index in [1.54, 1.807) is 6.07 Å². The predicted molar refractivity (Wildman–Crippen MR) is 65.8 cm³/mol. The van der Waals surface area contributed by atoms with E-state index >= 15 is 0 Å². The van der Waals surface area contributed by atoms with Gasteiger partial charge in [0.15, 0.2) is 0 Å². The molecule has 9 heteroatoms. The summed E-state index contributed by atoms with van der Waals surface area (Å²) in [5.41, 5.74) is 8.02. The van der Waals surface area contributed by atoms with Gasteiger partial charge < -0.3 is 0 Å². The summed E-state index contributed by atoms with van der Waals surface area (Å²) in [6.45, 7) is 0.546.